The molecule has 5 rings (SSSR count). The Balaban J connectivity index is 1.52. The van der Waals surface area contributed by atoms with Crippen LogP contribution in [0.3, 0.4) is 0 Å². The molecule has 0 saturated heterocycles. The van der Waals surface area contributed by atoms with Crippen LogP contribution in [-0.2, 0) is 7.05 Å². The van der Waals surface area contributed by atoms with Gasteiger partial charge < -0.3 is 10.4 Å². The first-order valence-corrected chi connectivity index (χ1v) is 10.3. The average Bonchev–Trinajstić information content (AvgIpc) is 3.34. The van der Waals surface area contributed by atoms with Crippen molar-refractivity contribution >= 4 is 27.4 Å². The summed E-state index contributed by atoms with van der Waals surface area (Å²) in [5, 5.41) is 21.2. The first-order chi connectivity index (χ1) is 13.7. The Bertz CT molecular complexity index is 1120. The highest BCUT2D eigenvalue weighted by molar-refractivity contribution is 7.17. The van der Waals surface area contributed by atoms with Gasteiger partial charge in [-0.25, -0.2) is 9.97 Å². The Hall–Kier alpha value is -2.77. The molecule has 1 aromatic carbocycles. The molecule has 1 unspecified atom stereocenters. The van der Waals surface area contributed by atoms with Crippen LogP contribution in [-0.4, -0.2) is 31.4 Å². The molecule has 1 saturated carbocycles. The van der Waals surface area contributed by atoms with Gasteiger partial charge in [-0.15, -0.1) is 11.3 Å². The number of fused-ring (bicyclic) bond motifs is 1. The highest BCUT2D eigenvalue weighted by atomic mass is 32.1. The monoisotopic (exact) mass is 391 g/mol. The molecule has 1 atom stereocenters. The third-order valence-corrected chi connectivity index (χ3v) is 5.92. The molecule has 0 amide bonds. The zero-order chi connectivity index (χ0) is 19.1. The van der Waals surface area contributed by atoms with Crippen LogP contribution >= 0.6 is 11.3 Å². The largest absolute Gasteiger partial charge is 0.386 e. The molecule has 28 heavy (non-hydrogen) atoms. The molecule has 0 bridgehead atoms. The summed E-state index contributed by atoms with van der Waals surface area (Å²) in [6.07, 6.45) is 5.18. The van der Waals surface area contributed by atoms with Gasteiger partial charge in [0.15, 0.2) is 0 Å². The van der Waals surface area contributed by atoms with E-state index in [0.29, 0.717) is 12.5 Å². The van der Waals surface area contributed by atoms with E-state index in [1.54, 1.807) is 22.2 Å². The molecule has 0 spiro atoms. The van der Waals surface area contributed by atoms with Crippen molar-refractivity contribution in [2.45, 2.75) is 24.9 Å². The number of benzene rings is 1. The summed E-state index contributed by atoms with van der Waals surface area (Å²) in [6.45, 7) is 0.367. The van der Waals surface area contributed by atoms with Crippen LogP contribution in [0.4, 0.5) is 5.82 Å². The van der Waals surface area contributed by atoms with Crippen LogP contribution in [0.25, 0.3) is 21.3 Å². The number of hydrogen-bond donors (Lipinski definition) is 2. The Morgan fingerprint density at radius 3 is 2.79 bits per heavy atom. The summed E-state index contributed by atoms with van der Waals surface area (Å²) in [7, 11) is 1.84. The van der Waals surface area contributed by atoms with Crippen molar-refractivity contribution in [1.82, 2.24) is 19.7 Å². The van der Waals surface area contributed by atoms with Gasteiger partial charge in [0.2, 0.25) is 0 Å². The second-order valence-electron chi connectivity index (χ2n) is 7.24. The fourth-order valence-electron chi connectivity index (χ4n) is 3.36. The van der Waals surface area contributed by atoms with Crippen LogP contribution in [0.15, 0.2) is 48.1 Å². The van der Waals surface area contributed by atoms with Gasteiger partial charge in [0.05, 0.1) is 17.7 Å². The molecule has 3 heterocycles. The lowest BCUT2D eigenvalue weighted by atomic mass is 10.1. The highest BCUT2D eigenvalue weighted by Crippen LogP contribution is 2.42. The summed E-state index contributed by atoms with van der Waals surface area (Å²) in [6, 6.07) is 10.3. The summed E-state index contributed by atoms with van der Waals surface area (Å²) < 4.78 is 1.69. The maximum absolute atomic E-state index is 10.5. The molecule has 142 valence electrons. The first kappa shape index (κ1) is 17.3. The maximum Gasteiger partial charge on any atom is 0.139 e. The molecular weight excluding hydrogens is 370 g/mol. The van der Waals surface area contributed by atoms with E-state index >= 15 is 0 Å². The Labute approximate surface area is 166 Å². The van der Waals surface area contributed by atoms with E-state index in [9.17, 15) is 5.11 Å². The fourth-order valence-corrected chi connectivity index (χ4v) is 4.32. The van der Waals surface area contributed by atoms with Crippen LogP contribution < -0.4 is 5.32 Å². The van der Waals surface area contributed by atoms with Crippen molar-refractivity contribution in [2.24, 2.45) is 7.05 Å². The van der Waals surface area contributed by atoms with Gasteiger partial charge in [-0.05, 0) is 18.4 Å². The van der Waals surface area contributed by atoms with Gasteiger partial charge in [0, 0.05) is 42.2 Å². The minimum atomic E-state index is -0.651. The van der Waals surface area contributed by atoms with E-state index in [1.807, 2.05) is 31.4 Å². The summed E-state index contributed by atoms with van der Waals surface area (Å²) in [5.74, 6) is 2.18. The summed E-state index contributed by atoms with van der Waals surface area (Å²) in [5.41, 5.74) is 3.06. The number of hydrogen-bond acceptors (Lipinski definition) is 6. The molecule has 4 aromatic rings. The van der Waals surface area contributed by atoms with Gasteiger partial charge in [-0.2, -0.15) is 5.10 Å². The fraction of sp³-hybridized carbons (Fsp3) is 0.286. The summed E-state index contributed by atoms with van der Waals surface area (Å²) in [4.78, 5) is 10.7. The van der Waals surface area contributed by atoms with Crippen molar-refractivity contribution in [3.63, 3.8) is 0 Å². The lowest BCUT2D eigenvalue weighted by Crippen LogP contribution is -2.13. The first-order valence-electron chi connectivity index (χ1n) is 9.44. The standard InChI is InChI=1S/C21H21N5OS/c1-26-11-15(9-23-26)17(27)10-22-20-18-16(13-5-3-2-4-6-13)12-28-21(18)25-19(24-20)14-7-8-14/h2-6,9,11-12,14,17,27H,7-8,10H2,1H3,(H,22,24,25). The molecule has 7 heteroatoms. The minimum absolute atomic E-state index is 0.367. The van der Waals surface area contributed by atoms with Crippen molar-refractivity contribution in [2.75, 3.05) is 11.9 Å². The average molecular weight is 392 g/mol. The number of anilines is 1. The molecule has 3 aromatic heterocycles. The van der Waals surface area contributed by atoms with Gasteiger partial charge in [-0.1, -0.05) is 30.3 Å². The van der Waals surface area contributed by atoms with Crippen LogP contribution in [0.2, 0.25) is 0 Å². The number of aliphatic hydroxyl groups excluding tert-OH is 1. The summed E-state index contributed by atoms with van der Waals surface area (Å²) >= 11 is 1.65. The Kier molecular flexibility index (Phi) is 4.33. The molecule has 1 aliphatic rings. The van der Waals surface area contributed by atoms with E-state index in [2.05, 4.69) is 27.9 Å². The highest BCUT2D eigenvalue weighted by Gasteiger charge is 2.28. The second-order valence-corrected chi connectivity index (χ2v) is 8.10. The van der Waals surface area contributed by atoms with Gasteiger partial charge >= 0.3 is 0 Å². The lowest BCUT2D eigenvalue weighted by molar-refractivity contribution is 0.191. The zero-order valence-corrected chi connectivity index (χ0v) is 16.4. The Morgan fingerprint density at radius 1 is 1.25 bits per heavy atom. The number of aryl methyl sites for hydroxylation is 1. The normalized spacial score (nSPS) is 15.1. The van der Waals surface area contributed by atoms with Gasteiger partial charge in [0.1, 0.15) is 16.5 Å². The number of thiophene rings is 1. The minimum Gasteiger partial charge on any atom is -0.386 e. The molecular formula is C21H21N5OS. The van der Waals surface area contributed by atoms with E-state index < -0.39 is 6.10 Å². The molecule has 0 radical (unpaired) electrons. The number of nitrogens with zero attached hydrogens (tertiary/aromatic N) is 4. The van der Waals surface area contributed by atoms with E-state index in [0.717, 1.165) is 51.4 Å². The van der Waals surface area contributed by atoms with Crippen LogP contribution in [0.5, 0.6) is 0 Å². The van der Waals surface area contributed by atoms with Gasteiger partial charge in [0.25, 0.3) is 0 Å². The number of aromatic nitrogens is 4. The third kappa shape index (κ3) is 3.27. The van der Waals surface area contributed by atoms with Crippen molar-refractivity contribution in [1.29, 1.82) is 0 Å². The second kappa shape index (κ2) is 7.00. The molecule has 0 aliphatic heterocycles. The number of nitrogens with one attached hydrogen (secondary N) is 1. The lowest BCUT2D eigenvalue weighted by Gasteiger charge is -2.13. The van der Waals surface area contributed by atoms with E-state index in [-0.39, 0.29) is 0 Å². The molecule has 6 nitrogen and oxygen atoms in total. The smallest absolute Gasteiger partial charge is 0.139 e. The topological polar surface area (TPSA) is 75.9 Å². The third-order valence-electron chi connectivity index (χ3n) is 5.05. The molecule has 2 N–H and O–H groups in total. The number of aliphatic hydroxyl groups is 1. The van der Waals surface area contributed by atoms with E-state index in [4.69, 9.17) is 9.97 Å². The van der Waals surface area contributed by atoms with Gasteiger partial charge in [-0.3, -0.25) is 4.68 Å². The molecule has 1 aliphatic carbocycles. The van der Waals surface area contributed by atoms with Crippen molar-refractivity contribution in [3.05, 3.63) is 59.5 Å². The predicted octanol–water partition coefficient (Wildman–Crippen LogP) is 4.11. The number of rotatable bonds is 6. The molecule has 1 fully saturated rings. The maximum atomic E-state index is 10.5. The van der Waals surface area contributed by atoms with Crippen molar-refractivity contribution < 1.29 is 5.11 Å². The SMILES string of the molecule is Cn1cc(C(O)CNc2nc(C3CC3)nc3scc(-c4ccccc4)c23)cn1. The van der Waals surface area contributed by atoms with Crippen molar-refractivity contribution in [3.8, 4) is 11.1 Å². The quantitative estimate of drug-likeness (QED) is 0.517. The van der Waals surface area contributed by atoms with Crippen LogP contribution in [0.1, 0.15) is 36.3 Å². The zero-order valence-electron chi connectivity index (χ0n) is 15.5. The Morgan fingerprint density at radius 2 is 2.07 bits per heavy atom. The van der Waals surface area contributed by atoms with Crippen LogP contribution in [0, 0.1) is 0 Å². The van der Waals surface area contributed by atoms with E-state index in [1.165, 1.54) is 0 Å². The predicted molar refractivity (Wildman–Crippen MR) is 111 cm³/mol.